The molecule has 0 aliphatic heterocycles. The van der Waals surface area contributed by atoms with Crippen LogP contribution in [-0.4, -0.2) is 9.78 Å². The van der Waals surface area contributed by atoms with Crippen molar-refractivity contribution >= 4 is 0 Å². The van der Waals surface area contributed by atoms with E-state index in [1.165, 1.54) is 44.5 Å². The van der Waals surface area contributed by atoms with Gasteiger partial charge < -0.3 is 0 Å². The third-order valence-corrected chi connectivity index (χ3v) is 5.96. The molecule has 29 heavy (non-hydrogen) atoms. The summed E-state index contributed by atoms with van der Waals surface area (Å²) in [6, 6.07) is 21.9. The standard InChI is InChI=1S/C27H28N2/c1-17-7-13-25(14-8-17)29-27(24-12-10-19(3)21(5)16-24)22(6)26(28-29)23-11-9-18(2)20(4)15-23/h7-16H,1-6H3. The van der Waals surface area contributed by atoms with E-state index in [1.54, 1.807) is 0 Å². The summed E-state index contributed by atoms with van der Waals surface area (Å²) < 4.78 is 2.10. The number of hydrogen-bond donors (Lipinski definition) is 0. The van der Waals surface area contributed by atoms with E-state index in [9.17, 15) is 0 Å². The van der Waals surface area contributed by atoms with E-state index in [2.05, 4.69) is 107 Å². The highest BCUT2D eigenvalue weighted by Crippen LogP contribution is 2.35. The summed E-state index contributed by atoms with van der Waals surface area (Å²) in [5, 5.41) is 5.10. The van der Waals surface area contributed by atoms with Crippen LogP contribution in [-0.2, 0) is 0 Å². The molecule has 1 aromatic heterocycles. The number of aryl methyl sites for hydroxylation is 5. The molecule has 2 nitrogen and oxygen atoms in total. The monoisotopic (exact) mass is 380 g/mol. The molecule has 146 valence electrons. The normalized spacial score (nSPS) is 11.1. The van der Waals surface area contributed by atoms with Crippen molar-refractivity contribution in [3.8, 4) is 28.2 Å². The summed E-state index contributed by atoms with van der Waals surface area (Å²) in [6.07, 6.45) is 0. The quantitative estimate of drug-likeness (QED) is 0.372. The van der Waals surface area contributed by atoms with Crippen molar-refractivity contribution in [3.05, 3.63) is 94.0 Å². The fourth-order valence-electron chi connectivity index (χ4n) is 3.76. The minimum absolute atomic E-state index is 1.04. The van der Waals surface area contributed by atoms with Crippen LogP contribution in [0, 0.1) is 41.5 Å². The lowest BCUT2D eigenvalue weighted by Crippen LogP contribution is -2.00. The fourth-order valence-corrected chi connectivity index (χ4v) is 3.76. The van der Waals surface area contributed by atoms with Gasteiger partial charge in [0.15, 0.2) is 0 Å². The molecule has 0 atom stereocenters. The van der Waals surface area contributed by atoms with E-state index in [1.807, 2.05) is 0 Å². The second-order valence-electron chi connectivity index (χ2n) is 8.17. The molecule has 4 rings (SSSR count). The summed E-state index contributed by atoms with van der Waals surface area (Å²) in [5.74, 6) is 0. The van der Waals surface area contributed by atoms with Crippen molar-refractivity contribution in [1.29, 1.82) is 0 Å². The molecule has 0 unspecified atom stereocenters. The first kappa shape index (κ1) is 19.2. The molecule has 0 N–H and O–H groups in total. The molecule has 0 radical (unpaired) electrons. The van der Waals surface area contributed by atoms with Crippen molar-refractivity contribution in [2.24, 2.45) is 0 Å². The Balaban J connectivity index is 1.98. The Kier molecular flexibility index (Phi) is 4.87. The Morgan fingerprint density at radius 2 is 1.14 bits per heavy atom. The predicted molar refractivity (Wildman–Crippen MR) is 123 cm³/mol. The first-order chi connectivity index (χ1) is 13.8. The van der Waals surface area contributed by atoms with Gasteiger partial charge in [-0.15, -0.1) is 0 Å². The molecule has 0 bridgehead atoms. The number of benzene rings is 3. The van der Waals surface area contributed by atoms with Crippen LogP contribution in [0.2, 0.25) is 0 Å². The van der Waals surface area contributed by atoms with E-state index in [0.717, 1.165) is 17.1 Å². The average molecular weight is 381 g/mol. The van der Waals surface area contributed by atoms with Gasteiger partial charge in [0, 0.05) is 16.7 Å². The van der Waals surface area contributed by atoms with E-state index in [0.29, 0.717) is 0 Å². The van der Waals surface area contributed by atoms with Gasteiger partial charge in [0.25, 0.3) is 0 Å². The second kappa shape index (κ2) is 7.36. The van der Waals surface area contributed by atoms with Gasteiger partial charge in [0.05, 0.1) is 17.1 Å². The largest absolute Gasteiger partial charge is 0.232 e. The van der Waals surface area contributed by atoms with Crippen molar-refractivity contribution in [3.63, 3.8) is 0 Å². The van der Waals surface area contributed by atoms with Gasteiger partial charge in [-0.3, -0.25) is 0 Å². The van der Waals surface area contributed by atoms with Crippen LogP contribution in [0.15, 0.2) is 60.7 Å². The molecule has 0 saturated heterocycles. The lowest BCUT2D eigenvalue weighted by Gasteiger charge is -2.11. The van der Waals surface area contributed by atoms with Gasteiger partial charge in [0.1, 0.15) is 0 Å². The Hall–Kier alpha value is -3.13. The van der Waals surface area contributed by atoms with Crippen LogP contribution in [0.25, 0.3) is 28.2 Å². The first-order valence-corrected chi connectivity index (χ1v) is 10.2. The van der Waals surface area contributed by atoms with Gasteiger partial charge in [0.2, 0.25) is 0 Å². The lowest BCUT2D eigenvalue weighted by atomic mass is 9.98. The van der Waals surface area contributed by atoms with E-state index in [4.69, 9.17) is 5.10 Å². The molecular formula is C27H28N2. The molecule has 0 fully saturated rings. The number of hydrogen-bond acceptors (Lipinski definition) is 1. The van der Waals surface area contributed by atoms with Gasteiger partial charge in [-0.05, 0) is 88.1 Å². The minimum Gasteiger partial charge on any atom is -0.232 e. The van der Waals surface area contributed by atoms with Crippen LogP contribution in [0.5, 0.6) is 0 Å². The summed E-state index contributed by atoms with van der Waals surface area (Å²) >= 11 is 0. The van der Waals surface area contributed by atoms with Crippen LogP contribution in [0.1, 0.15) is 33.4 Å². The molecule has 4 aromatic rings. The van der Waals surface area contributed by atoms with Crippen molar-refractivity contribution in [1.82, 2.24) is 9.78 Å². The van der Waals surface area contributed by atoms with Crippen molar-refractivity contribution in [2.75, 3.05) is 0 Å². The topological polar surface area (TPSA) is 17.8 Å². The third-order valence-electron chi connectivity index (χ3n) is 5.96. The molecule has 0 aliphatic rings. The number of rotatable bonds is 3. The van der Waals surface area contributed by atoms with Crippen molar-refractivity contribution < 1.29 is 0 Å². The highest BCUT2D eigenvalue weighted by Gasteiger charge is 2.19. The zero-order valence-corrected chi connectivity index (χ0v) is 18.2. The minimum atomic E-state index is 1.04. The van der Waals surface area contributed by atoms with Crippen LogP contribution >= 0.6 is 0 Å². The average Bonchev–Trinajstić information content (AvgIpc) is 3.04. The highest BCUT2D eigenvalue weighted by atomic mass is 15.3. The number of aromatic nitrogens is 2. The predicted octanol–water partition coefficient (Wildman–Crippen LogP) is 7.06. The smallest absolute Gasteiger partial charge is 0.0963 e. The molecule has 0 amide bonds. The molecule has 2 heteroatoms. The Morgan fingerprint density at radius 1 is 0.586 bits per heavy atom. The Morgan fingerprint density at radius 3 is 1.72 bits per heavy atom. The fraction of sp³-hybridized carbons (Fsp3) is 0.222. The lowest BCUT2D eigenvalue weighted by molar-refractivity contribution is 0.890. The second-order valence-corrected chi connectivity index (χ2v) is 8.17. The highest BCUT2D eigenvalue weighted by molar-refractivity contribution is 5.76. The van der Waals surface area contributed by atoms with Crippen LogP contribution in [0.3, 0.4) is 0 Å². The number of nitrogens with zero attached hydrogens (tertiary/aromatic N) is 2. The zero-order valence-electron chi connectivity index (χ0n) is 18.2. The molecular weight excluding hydrogens is 352 g/mol. The summed E-state index contributed by atoms with van der Waals surface area (Å²) in [6.45, 7) is 12.9. The summed E-state index contributed by atoms with van der Waals surface area (Å²) in [4.78, 5) is 0. The summed E-state index contributed by atoms with van der Waals surface area (Å²) in [5.41, 5.74) is 13.3. The Labute approximate surface area is 173 Å². The maximum absolute atomic E-state index is 5.10. The summed E-state index contributed by atoms with van der Waals surface area (Å²) in [7, 11) is 0. The maximum atomic E-state index is 5.10. The molecule has 1 heterocycles. The van der Waals surface area contributed by atoms with Crippen LogP contribution < -0.4 is 0 Å². The maximum Gasteiger partial charge on any atom is 0.0963 e. The van der Waals surface area contributed by atoms with Gasteiger partial charge >= 0.3 is 0 Å². The molecule has 3 aromatic carbocycles. The Bertz CT molecular complexity index is 1190. The molecule has 0 spiro atoms. The molecule has 0 aliphatic carbocycles. The van der Waals surface area contributed by atoms with E-state index < -0.39 is 0 Å². The third kappa shape index (κ3) is 3.51. The molecule has 0 saturated carbocycles. The first-order valence-electron chi connectivity index (χ1n) is 10.2. The van der Waals surface area contributed by atoms with E-state index in [-0.39, 0.29) is 0 Å². The zero-order chi connectivity index (χ0) is 20.7. The van der Waals surface area contributed by atoms with Crippen molar-refractivity contribution in [2.45, 2.75) is 41.5 Å². The van der Waals surface area contributed by atoms with Crippen LogP contribution in [0.4, 0.5) is 0 Å². The van der Waals surface area contributed by atoms with Gasteiger partial charge in [-0.25, -0.2) is 4.68 Å². The SMILES string of the molecule is Cc1ccc(-n2nc(-c3ccc(C)c(C)c3)c(C)c2-c2ccc(C)c(C)c2)cc1. The van der Waals surface area contributed by atoms with Gasteiger partial charge in [-0.1, -0.05) is 42.0 Å². The van der Waals surface area contributed by atoms with E-state index >= 15 is 0 Å². The van der Waals surface area contributed by atoms with Gasteiger partial charge in [-0.2, -0.15) is 5.10 Å².